The first kappa shape index (κ1) is 23.5. The Balaban J connectivity index is 1.61. The number of hydrogen-bond acceptors (Lipinski definition) is 6. The minimum atomic E-state index is -2.97. The van der Waals surface area contributed by atoms with E-state index in [1.807, 2.05) is 0 Å². The van der Waals surface area contributed by atoms with Gasteiger partial charge >= 0.3 is 6.61 Å². The number of hydrogen-bond donors (Lipinski definition) is 0. The highest BCUT2D eigenvalue weighted by Crippen LogP contribution is 2.36. The van der Waals surface area contributed by atoms with Crippen LogP contribution in [0, 0.1) is 22.7 Å². The van der Waals surface area contributed by atoms with Gasteiger partial charge in [-0.3, -0.25) is 4.90 Å². The summed E-state index contributed by atoms with van der Waals surface area (Å²) in [4.78, 5) is 6.83. The summed E-state index contributed by atoms with van der Waals surface area (Å²) >= 11 is 0. The first-order valence-corrected chi connectivity index (χ1v) is 11.6. The number of nitrogens with zero attached hydrogens (tertiary/aromatic N) is 4. The molecule has 180 valence electrons. The van der Waals surface area contributed by atoms with Gasteiger partial charge in [0.15, 0.2) is 5.58 Å². The van der Waals surface area contributed by atoms with Crippen LogP contribution >= 0.6 is 0 Å². The first-order valence-electron chi connectivity index (χ1n) is 11.6. The molecule has 1 fully saturated rings. The fraction of sp³-hybridized carbons (Fsp3) is 0.250. The summed E-state index contributed by atoms with van der Waals surface area (Å²) < 4.78 is 37.1. The van der Waals surface area contributed by atoms with Crippen molar-refractivity contribution in [2.24, 2.45) is 0 Å². The summed E-state index contributed by atoms with van der Waals surface area (Å²) in [6, 6.07) is 20.2. The molecule has 0 unspecified atom stereocenters. The van der Waals surface area contributed by atoms with Crippen molar-refractivity contribution in [3.8, 4) is 40.5 Å². The molecule has 0 spiro atoms. The third-order valence-electron chi connectivity index (χ3n) is 6.60. The van der Waals surface area contributed by atoms with E-state index >= 15 is 0 Å². The highest BCUT2D eigenvalue weighted by atomic mass is 19.3. The molecular formula is C28H22F2N4O2. The van der Waals surface area contributed by atoms with Gasteiger partial charge in [-0.05, 0) is 44.5 Å². The highest BCUT2D eigenvalue weighted by Gasteiger charge is 2.24. The average molecular weight is 485 g/mol. The maximum Gasteiger partial charge on any atom is 0.387 e. The van der Waals surface area contributed by atoms with Crippen molar-refractivity contribution in [3.05, 3.63) is 71.3 Å². The van der Waals surface area contributed by atoms with Gasteiger partial charge in [-0.1, -0.05) is 30.3 Å². The molecule has 1 aliphatic rings. The SMILES string of the molecule is C[C@@H]1CCCN1Cc1cc2nc(-c3cccc(-c4ccccc4C#N)c3C#N)oc2cc1OC(F)F. The van der Waals surface area contributed by atoms with Crippen molar-refractivity contribution in [2.45, 2.75) is 39.0 Å². The Hall–Kier alpha value is -4.27. The minimum absolute atomic E-state index is 0.0523. The van der Waals surface area contributed by atoms with E-state index < -0.39 is 6.61 Å². The number of halogens is 2. The summed E-state index contributed by atoms with van der Waals surface area (Å²) in [6.45, 7) is 0.501. The van der Waals surface area contributed by atoms with Crippen LogP contribution in [0.25, 0.3) is 33.7 Å². The lowest BCUT2D eigenvalue weighted by molar-refractivity contribution is -0.0507. The summed E-state index contributed by atoms with van der Waals surface area (Å²) in [5.41, 5.74) is 3.79. The maximum atomic E-state index is 13.2. The van der Waals surface area contributed by atoms with Crippen molar-refractivity contribution in [2.75, 3.05) is 6.54 Å². The number of ether oxygens (including phenoxy) is 1. The van der Waals surface area contributed by atoms with Crippen LogP contribution in [0.15, 0.2) is 59.0 Å². The van der Waals surface area contributed by atoms with Gasteiger partial charge in [0.2, 0.25) is 5.89 Å². The predicted octanol–water partition coefficient (Wildman–Crippen LogP) is 6.49. The molecule has 0 N–H and O–H groups in total. The summed E-state index contributed by atoms with van der Waals surface area (Å²) in [6.07, 6.45) is 2.12. The molecule has 3 aromatic carbocycles. The topological polar surface area (TPSA) is 86.1 Å². The molecule has 8 heteroatoms. The molecule has 1 atom stereocenters. The lowest BCUT2D eigenvalue weighted by Gasteiger charge is -2.22. The van der Waals surface area contributed by atoms with E-state index in [1.165, 1.54) is 6.07 Å². The Kier molecular flexibility index (Phi) is 6.37. The van der Waals surface area contributed by atoms with Crippen LogP contribution in [0.2, 0.25) is 0 Å². The van der Waals surface area contributed by atoms with Crippen LogP contribution in [0.3, 0.4) is 0 Å². The Labute approximate surface area is 207 Å². The van der Waals surface area contributed by atoms with Crippen molar-refractivity contribution in [3.63, 3.8) is 0 Å². The Morgan fingerprint density at radius 3 is 2.58 bits per heavy atom. The van der Waals surface area contributed by atoms with Crippen molar-refractivity contribution in [1.29, 1.82) is 10.5 Å². The number of nitriles is 2. The number of likely N-dealkylation sites (tertiary alicyclic amines) is 1. The van der Waals surface area contributed by atoms with Gasteiger partial charge in [0, 0.05) is 35.3 Å². The molecule has 6 nitrogen and oxygen atoms in total. The number of benzene rings is 3. The van der Waals surface area contributed by atoms with E-state index in [0.717, 1.165) is 19.4 Å². The van der Waals surface area contributed by atoms with E-state index in [-0.39, 0.29) is 17.2 Å². The zero-order chi connectivity index (χ0) is 25.2. The van der Waals surface area contributed by atoms with Gasteiger partial charge in [0.1, 0.15) is 17.3 Å². The Morgan fingerprint density at radius 1 is 1.08 bits per heavy atom. The average Bonchev–Trinajstić information content (AvgIpc) is 3.48. The number of oxazole rings is 1. The first-order chi connectivity index (χ1) is 17.5. The molecule has 0 saturated carbocycles. The van der Waals surface area contributed by atoms with Crippen molar-refractivity contribution < 1.29 is 17.9 Å². The van der Waals surface area contributed by atoms with Gasteiger partial charge in [0.25, 0.3) is 0 Å². The molecule has 0 radical (unpaired) electrons. The minimum Gasteiger partial charge on any atom is -0.436 e. The molecule has 1 saturated heterocycles. The van der Waals surface area contributed by atoms with Crippen LogP contribution in [-0.4, -0.2) is 29.1 Å². The van der Waals surface area contributed by atoms with E-state index in [0.29, 0.717) is 51.5 Å². The molecule has 0 aliphatic carbocycles. The largest absolute Gasteiger partial charge is 0.436 e. The lowest BCUT2D eigenvalue weighted by Crippen LogP contribution is -2.26. The molecule has 2 heterocycles. The van der Waals surface area contributed by atoms with Crippen molar-refractivity contribution in [1.82, 2.24) is 9.88 Å². The second kappa shape index (κ2) is 9.77. The summed E-state index contributed by atoms with van der Waals surface area (Å²) in [5, 5.41) is 19.5. The van der Waals surface area contributed by atoms with Crippen LogP contribution in [-0.2, 0) is 6.54 Å². The molecule has 0 amide bonds. The quantitative estimate of drug-likeness (QED) is 0.311. The number of aromatic nitrogens is 1. The zero-order valence-corrected chi connectivity index (χ0v) is 19.5. The van der Waals surface area contributed by atoms with Gasteiger partial charge in [0.05, 0.1) is 22.8 Å². The normalized spacial score (nSPS) is 15.8. The molecule has 0 bridgehead atoms. The van der Waals surface area contributed by atoms with E-state index in [1.54, 1.807) is 48.5 Å². The van der Waals surface area contributed by atoms with Gasteiger partial charge < -0.3 is 9.15 Å². The van der Waals surface area contributed by atoms with Crippen LogP contribution in [0.5, 0.6) is 5.75 Å². The molecule has 1 aliphatic heterocycles. The van der Waals surface area contributed by atoms with Crippen LogP contribution < -0.4 is 4.74 Å². The predicted molar refractivity (Wildman–Crippen MR) is 130 cm³/mol. The fourth-order valence-corrected chi connectivity index (χ4v) is 4.78. The molecule has 36 heavy (non-hydrogen) atoms. The second-order valence-electron chi connectivity index (χ2n) is 8.78. The zero-order valence-electron chi connectivity index (χ0n) is 19.5. The summed E-state index contributed by atoms with van der Waals surface area (Å²) in [5.74, 6) is 0.240. The van der Waals surface area contributed by atoms with Crippen LogP contribution in [0.1, 0.15) is 36.5 Å². The Morgan fingerprint density at radius 2 is 1.86 bits per heavy atom. The third-order valence-corrected chi connectivity index (χ3v) is 6.60. The third kappa shape index (κ3) is 4.39. The fourth-order valence-electron chi connectivity index (χ4n) is 4.78. The highest BCUT2D eigenvalue weighted by molar-refractivity contribution is 5.85. The van der Waals surface area contributed by atoms with Gasteiger partial charge in [-0.25, -0.2) is 4.98 Å². The number of alkyl halides is 2. The van der Waals surface area contributed by atoms with E-state index in [4.69, 9.17) is 9.15 Å². The van der Waals surface area contributed by atoms with Gasteiger partial charge in [-0.15, -0.1) is 0 Å². The Bertz CT molecular complexity index is 1520. The van der Waals surface area contributed by atoms with Crippen molar-refractivity contribution >= 4 is 11.1 Å². The summed E-state index contributed by atoms with van der Waals surface area (Å²) in [7, 11) is 0. The van der Waals surface area contributed by atoms with Gasteiger partial charge in [-0.2, -0.15) is 19.3 Å². The van der Waals surface area contributed by atoms with Crippen LogP contribution in [0.4, 0.5) is 8.78 Å². The molecular weight excluding hydrogens is 462 g/mol. The molecule has 1 aromatic heterocycles. The van der Waals surface area contributed by atoms with E-state index in [2.05, 4.69) is 28.9 Å². The standard InChI is InChI=1S/C28H22F2N4O2/c1-17-6-5-11-34(17)16-19-12-24-26(13-25(19)36-28(29)30)35-27(33-24)22-10-4-9-21(23(22)15-32)20-8-3-2-7-18(20)14-31/h2-4,7-10,12-13,17,28H,5-6,11,16H2,1H3/t17-/m1/s1. The monoisotopic (exact) mass is 484 g/mol. The molecule has 5 rings (SSSR count). The lowest BCUT2D eigenvalue weighted by atomic mass is 9.93. The number of fused-ring (bicyclic) bond motifs is 1. The second-order valence-corrected chi connectivity index (χ2v) is 8.78. The number of rotatable bonds is 6. The molecule has 4 aromatic rings. The smallest absolute Gasteiger partial charge is 0.387 e. The maximum absolute atomic E-state index is 13.2. The van der Waals surface area contributed by atoms with E-state index in [9.17, 15) is 19.3 Å².